The zero-order valence-corrected chi connectivity index (χ0v) is 15.3. The molecule has 0 radical (unpaired) electrons. The smallest absolute Gasteiger partial charge is 0.136 e. The summed E-state index contributed by atoms with van der Waals surface area (Å²) in [7, 11) is 0. The van der Waals surface area contributed by atoms with Crippen LogP contribution < -0.4 is 15.1 Å². The number of piperazine rings is 1. The second-order valence-corrected chi connectivity index (χ2v) is 6.60. The highest BCUT2D eigenvalue weighted by Crippen LogP contribution is 2.23. The maximum atomic E-state index is 13.4. The normalized spacial score (nSPS) is 14.3. The number of aromatic nitrogens is 2. The molecule has 1 aromatic heterocycles. The van der Waals surface area contributed by atoms with Crippen molar-refractivity contribution in [1.29, 1.82) is 0 Å². The SMILES string of the molecule is Cc1nc(Nc2cccc(F)c2)cc(N2CCN(c3ccccc3)CC2)n1. The second kappa shape index (κ2) is 7.61. The molecule has 1 N–H and O–H groups in total. The lowest BCUT2D eigenvalue weighted by Gasteiger charge is -2.36. The van der Waals surface area contributed by atoms with Gasteiger partial charge in [-0.3, -0.25) is 0 Å². The summed E-state index contributed by atoms with van der Waals surface area (Å²) in [6.07, 6.45) is 0. The molecular formula is C21H22FN5. The Kier molecular flexibility index (Phi) is 4.87. The first-order chi connectivity index (χ1) is 13.2. The number of halogens is 1. The largest absolute Gasteiger partial charge is 0.368 e. The van der Waals surface area contributed by atoms with E-state index in [1.54, 1.807) is 6.07 Å². The van der Waals surface area contributed by atoms with E-state index in [0.717, 1.165) is 32.0 Å². The van der Waals surface area contributed by atoms with Crippen LogP contribution in [0.2, 0.25) is 0 Å². The number of rotatable bonds is 4. The summed E-state index contributed by atoms with van der Waals surface area (Å²) in [6.45, 7) is 5.55. The van der Waals surface area contributed by atoms with E-state index in [-0.39, 0.29) is 5.82 Å². The predicted octanol–water partition coefficient (Wildman–Crippen LogP) is 3.99. The molecular weight excluding hydrogens is 341 g/mol. The van der Waals surface area contributed by atoms with Gasteiger partial charge in [-0.2, -0.15) is 0 Å². The van der Waals surface area contributed by atoms with Gasteiger partial charge in [0.05, 0.1) is 0 Å². The third-order valence-corrected chi connectivity index (χ3v) is 4.65. The Morgan fingerprint density at radius 2 is 1.59 bits per heavy atom. The van der Waals surface area contributed by atoms with Crippen LogP contribution in [-0.2, 0) is 0 Å². The van der Waals surface area contributed by atoms with E-state index >= 15 is 0 Å². The Labute approximate surface area is 158 Å². The minimum absolute atomic E-state index is 0.275. The molecule has 0 amide bonds. The molecule has 0 spiro atoms. The van der Waals surface area contributed by atoms with Gasteiger partial charge in [0.2, 0.25) is 0 Å². The van der Waals surface area contributed by atoms with E-state index in [1.165, 1.54) is 17.8 Å². The number of nitrogens with zero attached hydrogens (tertiary/aromatic N) is 4. The highest BCUT2D eigenvalue weighted by molar-refractivity contribution is 5.60. The third-order valence-electron chi connectivity index (χ3n) is 4.65. The Balaban J connectivity index is 1.47. The van der Waals surface area contributed by atoms with E-state index < -0.39 is 0 Å². The van der Waals surface area contributed by atoms with Gasteiger partial charge in [-0.15, -0.1) is 0 Å². The summed E-state index contributed by atoms with van der Waals surface area (Å²) in [5.41, 5.74) is 1.93. The second-order valence-electron chi connectivity index (χ2n) is 6.60. The van der Waals surface area contributed by atoms with E-state index in [0.29, 0.717) is 17.3 Å². The van der Waals surface area contributed by atoms with Gasteiger partial charge >= 0.3 is 0 Å². The molecule has 6 heteroatoms. The lowest BCUT2D eigenvalue weighted by molar-refractivity contribution is 0.628. The Bertz CT molecular complexity index is 907. The number of para-hydroxylation sites is 1. The van der Waals surface area contributed by atoms with Crippen LogP contribution in [0.4, 0.5) is 27.4 Å². The fourth-order valence-electron chi connectivity index (χ4n) is 3.32. The molecule has 0 aliphatic carbocycles. The van der Waals surface area contributed by atoms with Gasteiger partial charge < -0.3 is 15.1 Å². The fourth-order valence-corrected chi connectivity index (χ4v) is 3.32. The van der Waals surface area contributed by atoms with Crippen LogP contribution in [-0.4, -0.2) is 36.1 Å². The van der Waals surface area contributed by atoms with Crippen molar-refractivity contribution in [3.8, 4) is 0 Å². The molecule has 0 bridgehead atoms. The molecule has 0 saturated carbocycles. The Morgan fingerprint density at radius 1 is 0.852 bits per heavy atom. The quantitative estimate of drug-likeness (QED) is 0.759. The average molecular weight is 363 g/mol. The molecule has 3 aromatic rings. The van der Waals surface area contributed by atoms with Crippen LogP contribution in [0.25, 0.3) is 0 Å². The van der Waals surface area contributed by atoms with Gasteiger partial charge in [0.1, 0.15) is 23.3 Å². The molecule has 1 aliphatic rings. The van der Waals surface area contributed by atoms with Gasteiger partial charge in [0, 0.05) is 43.6 Å². The highest BCUT2D eigenvalue weighted by atomic mass is 19.1. The van der Waals surface area contributed by atoms with Crippen molar-refractivity contribution in [1.82, 2.24) is 9.97 Å². The van der Waals surface area contributed by atoms with E-state index in [1.807, 2.05) is 25.1 Å². The molecule has 138 valence electrons. The van der Waals surface area contributed by atoms with Crippen LogP contribution >= 0.6 is 0 Å². The van der Waals surface area contributed by atoms with Crippen molar-refractivity contribution < 1.29 is 4.39 Å². The van der Waals surface area contributed by atoms with E-state index in [4.69, 9.17) is 0 Å². The van der Waals surface area contributed by atoms with Crippen LogP contribution in [0.5, 0.6) is 0 Å². The van der Waals surface area contributed by atoms with Crippen molar-refractivity contribution in [2.24, 2.45) is 0 Å². The molecule has 1 aliphatic heterocycles. The Morgan fingerprint density at radius 3 is 2.33 bits per heavy atom. The number of hydrogen-bond acceptors (Lipinski definition) is 5. The van der Waals surface area contributed by atoms with Gasteiger partial charge in [-0.05, 0) is 37.3 Å². The summed E-state index contributed by atoms with van der Waals surface area (Å²) < 4.78 is 13.4. The third kappa shape index (κ3) is 4.16. The number of nitrogens with one attached hydrogen (secondary N) is 1. The maximum absolute atomic E-state index is 13.4. The lowest BCUT2D eigenvalue weighted by Crippen LogP contribution is -2.46. The first-order valence-electron chi connectivity index (χ1n) is 9.10. The predicted molar refractivity (Wildman–Crippen MR) is 107 cm³/mol. The van der Waals surface area contributed by atoms with Gasteiger partial charge in [-0.25, -0.2) is 14.4 Å². The molecule has 2 heterocycles. The molecule has 1 saturated heterocycles. The van der Waals surface area contributed by atoms with E-state index in [9.17, 15) is 4.39 Å². The minimum atomic E-state index is -0.275. The summed E-state index contributed by atoms with van der Waals surface area (Å²) in [4.78, 5) is 13.7. The van der Waals surface area contributed by atoms with E-state index in [2.05, 4.69) is 49.4 Å². The summed E-state index contributed by atoms with van der Waals surface area (Å²) in [5, 5.41) is 3.17. The molecule has 27 heavy (non-hydrogen) atoms. The van der Waals surface area contributed by atoms with Crippen molar-refractivity contribution in [2.75, 3.05) is 41.3 Å². The van der Waals surface area contributed by atoms with Crippen molar-refractivity contribution in [3.05, 3.63) is 72.3 Å². The van der Waals surface area contributed by atoms with Gasteiger partial charge in [-0.1, -0.05) is 24.3 Å². The monoisotopic (exact) mass is 363 g/mol. The van der Waals surface area contributed by atoms with Crippen LogP contribution in [0.15, 0.2) is 60.7 Å². The first kappa shape index (κ1) is 17.3. The molecule has 1 fully saturated rings. The molecule has 2 aromatic carbocycles. The first-order valence-corrected chi connectivity index (χ1v) is 9.10. The molecule has 0 atom stereocenters. The van der Waals surface area contributed by atoms with Crippen molar-refractivity contribution >= 4 is 23.0 Å². The maximum Gasteiger partial charge on any atom is 0.136 e. The summed E-state index contributed by atoms with van der Waals surface area (Å²) in [6, 6.07) is 18.8. The standard InChI is InChI=1S/C21H22FN5/c1-16-23-20(25-18-7-5-6-17(22)14-18)15-21(24-16)27-12-10-26(11-13-27)19-8-3-2-4-9-19/h2-9,14-15H,10-13H2,1H3,(H,23,24,25). The number of benzene rings is 2. The topological polar surface area (TPSA) is 44.3 Å². The van der Waals surface area contributed by atoms with Crippen LogP contribution in [0, 0.1) is 12.7 Å². The molecule has 0 unspecified atom stereocenters. The molecule has 5 nitrogen and oxygen atoms in total. The van der Waals surface area contributed by atoms with Crippen molar-refractivity contribution in [2.45, 2.75) is 6.92 Å². The molecule has 4 rings (SSSR count). The minimum Gasteiger partial charge on any atom is -0.368 e. The Hall–Kier alpha value is -3.15. The van der Waals surface area contributed by atoms with Crippen LogP contribution in [0.3, 0.4) is 0 Å². The van der Waals surface area contributed by atoms with Crippen LogP contribution in [0.1, 0.15) is 5.82 Å². The van der Waals surface area contributed by atoms with Gasteiger partial charge in [0.15, 0.2) is 0 Å². The zero-order valence-electron chi connectivity index (χ0n) is 15.3. The lowest BCUT2D eigenvalue weighted by atomic mass is 10.2. The van der Waals surface area contributed by atoms with Gasteiger partial charge in [0.25, 0.3) is 0 Å². The zero-order chi connectivity index (χ0) is 18.6. The summed E-state index contributed by atoms with van der Waals surface area (Å²) >= 11 is 0. The number of aryl methyl sites for hydroxylation is 1. The number of anilines is 4. The number of hydrogen-bond donors (Lipinski definition) is 1. The fraction of sp³-hybridized carbons (Fsp3) is 0.238. The summed E-state index contributed by atoms with van der Waals surface area (Å²) in [5.74, 6) is 1.99. The highest BCUT2D eigenvalue weighted by Gasteiger charge is 2.19. The van der Waals surface area contributed by atoms with Crippen molar-refractivity contribution in [3.63, 3.8) is 0 Å². The average Bonchev–Trinajstić information content (AvgIpc) is 2.68.